The van der Waals surface area contributed by atoms with Crippen molar-refractivity contribution in [2.45, 2.75) is 51.0 Å². The lowest BCUT2D eigenvalue weighted by molar-refractivity contribution is -0.140. The summed E-state index contributed by atoms with van der Waals surface area (Å²) in [7, 11) is 0. The van der Waals surface area contributed by atoms with Crippen LogP contribution in [-0.2, 0) is 14.3 Å². The highest BCUT2D eigenvalue weighted by molar-refractivity contribution is 5.86. The molecule has 2 aliphatic rings. The second-order valence-electron chi connectivity index (χ2n) is 5.52. The maximum Gasteiger partial charge on any atom is 0.240 e. The number of rotatable bonds is 3. The molecule has 98 valence electrons. The molecule has 5 heteroatoms. The molecule has 0 radical (unpaired) electrons. The molecule has 2 atom stereocenters. The summed E-state index contributed by atoms with van der Waals surface area (Å²) in [6.45, 7) is 7.69. The molecule has 0 aromatic heterocycles. The highest BCUT2D eigenvalue weighted by atomic mass is 16.7. The Bertz CT molecular complexity index is 298. The molecule has 0 saturated carbocycles. The topological polar surface area (TPSA) is 59.6 Å². The summed E-state index contributed by atoms with van der Waals surface area (Å²) in [4.78, 5) is 12.0. The van der Waals surface area contributed by atoms with Crippen LogP contribution < -0.4 is 10.6 Å². The van der Waals surface area contributed by atoms with Crippen molar-refractivity contribution >= 4 is 5.91 Å². The lowest BCUT2D eigenvalue weighted by Crippen LogP contribution is -2.52. The zero-order chi connectivity index (χ0) is 12.5. The summed E-state index contributed by atoms with van der Waals surface area (Å²) in [5.74, 6) is -0.464. The number of hydrogen-bond donors (Lipinski definition) is 2. The normalized spacial score (nSPS) is 36.1. The maximum absolute atomic E-state index is 12.0. The first-order chi connectivity index (χ1) is 7.91. The van der Waals surface area contributed by atoms with Crippen LogP contribution in [-0.4, -0.2) is 43.0 Å². The molecule has 0 aliphatic carbocycles. The van der Waals surface area contributed by atoms with Gasteiger partial charge in [-0.1, -0.05) is 0 Å². The Hall–Kier alpha value is -0.650. The Morgan fingerprint density at radius 1 is 1.47 bits per heavy atom. The fraction of sp³-hybridized carbons (Fsp3) is 0.917. The first kappa shape index (κ1) is 12.8. The number of amides is 1. The van der Waals surface area contributed by atoms with E-state index in [0.717, 1.165) is 19.4 Å². The van der Waals surface area contributed by atoms with Gasteiger partial charge in [0.2, 0.25) is 5.91 Å². The summed E-state index contributed by atoms with van der Waals surface area (Å²) in [5.41, 5.74) is -0.408. The largest absolute Gasteiger partial charge is 0.352 e. The minimum absolute atomic E-state index is 0.0426. The Kier molecular flexibility index (Phi) is 3.43. The Balaban J connectivity index is 1.77. The average molecular weight is 242 g/mol. The number of ether oxygens (including phenoxy) is 2. The van der Waals surface area contributed by atoms with Gasteiger partial charge in [-0.25, -0.2) is 0 Å². The van der Waals surface area contributed by atoms with Gasteiger partial charge in [-0.15, -0.1) is 0 Å². The van der Waals surface area contributed by atoms with Gasteiger partial charge in [0, 0.05) is 6.54 Å². The minimum Gasteiger partial charge on any atom is -0.352 e. The summed E-state index contributed by atoms with van der Waals surface area (Å²) < 4.78 is 11.1. The average Bonchev–Trinajstić information content (AvgIpc) is 2.82. The first-order valence-electron chi connectivity index (χ1n) is 6.26. The van der Waals surface area contributed by atoms with Gasteiger partial charge in [-0.3, -0.25) is 4.79 Å². The monoisotopic (exact) mass is 242 g/mol. The molecular formula is C12H22N2O3. The van der Waals surface area contributed by atoms with Gasteiger partial charge in [-0.2, -0.15) is 0 Å². The lowest BCUT2D eigenvalue weighted by Gasteiger charge is -2.24. The van der Waals surface area contributed by atoms with E-state index in [-0.39, 0.29) is 12.0 Å². The molecule has 0 bridgehead atoms. The SMILES string of the molecule is CC1(C)OCC(CNC(=O)C2(C)CCCN2)O1. The maximum atomic E-state index is 12.0. The zero-order valence-corrected chi connectivity index (χ0v) is 10.8. The van der Waals surface area contributed by atoms with E-state index in [1.165, 1.54) is 0 Å². The minimum atomic E-state index is -0.523. The molecule has 2 aliphatic heterocycles. The molecule has 1 amide bonds. The molecule has 2 unspecified atom stereocenters. The van der Waals surface area contributed by atoms with Gasteiger partial charge in [0.15, 0.2) is 5.79 Å². The summed E-state index contributed by atoms with van der Waals surface area (Å²) >= 11 is 0. The second-order valence-corrected chi connectivity index (χ2v) is 5.52. The van der Waals surface area contributed by atoms with Gasteiger partial charge in [-0.05, 0) is 40.2 Å². The Labute approximate surface area is 102 Å². The Morgan fingerprint density at radius 2 is 2.24 bits per heavy atom. The van der Waals surface area contributed by atoms with Crippen molar-refractivity contribution in [2.75, 3.05) is 19.7 Å². The van der Waals surface area contributed by atoms with Gasteiger partial charge in [0.25, 0.3) is 0 Å². The summed E-state index contributed by atoms with van der Waals surface area (Å²) in [6.07, 6.45) is 1.91. The quantitative estimate of drug-likeness (QED) is 0.752. The van der Waals surface area contributed by atoms with Gasteiger partial charge >= 0.3 is 0 Å². The van der Waals surface area contributed by atoms with E-state index in [1.54, 1.807) is 0 Å². The van der Waals surface area contributed by atoms with Crippen molar-refractivity contribution in [1.82, 2.24) is 10.6 Å². The molecule has 2 N–H and O–H groups in total. The van der Waals surface area contributed by atoms with Crippen LogP contribution in [0.4, 0.5) is 0 Å². The van der Waals surface area contributed by atoms with E-state index < -0.39 is 11.3 Å². The highest BCUT2D eigenvalue weighted by Gasteiger charge is 2.37. The van der Waals surface area contributed by atoms with Crippen LogP contribution in [0, 0.1) is 0 Å². The summed E-state index contributed by atoms with van der Waals surface area (Å²) in [6, 6.07) is 0. The first-order valence-corrected chi connectivity index (χ1v) is 6.26. The van der Waals surface area contributed by atoms with Crippen LogP contribution in [0.25, 0.3) is 0 Å². The third-order valence-corrected chi connectivity index (χ3v) is 3.43. The molecular weight excluding hydrogens is 220 g/mol. The molecule has 0 aromatic rings. The van der Waals surface area contributed by atoms with Crippen molar-refractivity contribution in [3.8, 4) is 0 Å². The van der Waals surface area contributed by atoms with Crippen molar-refractivity contribution < 1.29 is 14.3 Å². The van der Waals surface area contributed by atoms with Crippen molar-refractivity contribution in [2.24, 2.45) is 0 Å². The van der Waals surface area contributed by atoms with Gasteiger partial charge in [0.05, 0.1) is 12.1 Å². The Morgan fingerprint density at radius 3 is 2.76 bits per heavy atom. The molecule has 2 rings (SSSR count). The van der Waals surface area contributed by atoms with Crippen molar-refractivity contribution in [3.05, 3.63) is 0 Å². The van der Waals surface area contributed by atoms with E-state index in [2.05, 4.69) is 10.6 Å². The highest BCUT2D eigenvalue weighted by Crippen LogP contribution is 2.22. The third-order valence-electron chi connectivity index (χ3n) is 3.43. The lowest BCUT2D eigenvalue weighted by atomic mass is 9.99. The standard InChI is InChI=1S/C12H22N2O3/c1-11(2)16-8-9(17-11)7-13-10(15)12(3)5-4-6-14-12/h9,14H,4-8H2,1-3H3,(H,13,15). The second kappa shape index (κ2) is 4.55. The van der Waals surface area contributed by atoms with Gasteiger partial charge in [0.1, 0.15) is 6.10 Å². The number of carbonyl (C=O) groups is 1. The van der Waals surface area contributed by atoms with E-state index in [1.807, 2.05) is 20.8 Å². The van der Waals surface area contributed by atoms with E-state index >= 15 is 0 Å². The molecule has 0 aromatic carbocycles. The fourth-order valence-electron chi connectivity index (χ4n) is 2.35. The fourth-order valence-corrected chi connectivity index (χ4v) is 2.35. The van der Waals surface area contributed by atoms with E-state index in [0.29, 0.717) is 13.2 Å². The summed E-state index contributed by atoms with van der Waals surface area (Å²) in [5, 5.41) is 6.18. The van der Waals surface area contributed by atoms with Crippen LogP contribution in [0.15, 0.2) is 0 Å². The molecule has 5 nitrogen and oxygen atoms in total. The molecule has 17 heavy (non-hydrogen) atoms. The number of hydrogen-bond acceptors (Lipinski definition) is 4. The number of carbonyl (C=O) groups excluding carboxylic acids is 1. The third kappa shape index (κ3) is 2.97. The zero-order valence-electron chi connectivity index (χ0n) is 10.8. The van der Waals surface area contributed by atoms with Crippen LogP contribution >= 0.6 is 0 Å². The van der Waals surface area contributed by atoms with E-state index in [9.17, 15) is 4.79 Å². The molecule has 2 heterocycles. The smallest absolute Gasteiger partial charge is 0.240 e. The van der Waals surface area contributed by atoms with Crippen LogP contribution in [0.2, 0.25) is 0 Å². The van der Waals surface area contributed by atoms with Crippen LogP contribution in [0.1, 0.15) is 33.6 Å². The van der Waals surface area contributed by atoms with Crippen molar-refractivity contribution in [3.63, 3.8) is 0 Å². The molecule has 2 saturated heterocycles. The predicted molar refractivity (Wildman–Crippen MR) is 63.6 cm³/mol. The van der Waals surface area contributed by atoms with Crippen molar-refractivity contribution in [1.29, 1.82) is 0 Å². The van der Waals surface area contributed by atoms with Crippen LogP contribution in [0.5, 0.6) is 0 Å². The predicted octanol–water partition coefficient (Wildman–Crippen LogP) is 0.396. The molecule has 0 spiro atoms. The number of nitrogens with one attached hydrogen (secondary N) is 2. The van der Waals surface area contributed by atoms with E-state index in [4.69, 9.17) is 9.47 Å². The molecule has 2 fully saturated rings. The van der Waals surface area contributed by atoms with Crippen LogP contribution in [0.3, 0.4) is 0 Å². The van der Waals surface area contributed by atoms with Gasteiger partial charge < -0.3 is 20.1 Å².